The van der Waals surface area contributed by atoms with E-state index >= 15 is 0 Å². The Kier molecular flexibility index (Phi) is 41.6. The molecule has 0 saturated carbocycles. The van der Waals surface area contributed by atoms with E-state index in [1.54, 1.807) is 63.1 Å². The molecule has 31 heteroatoms. The Balaban J connectivity index is 0.000000581. The van der Waals surface area contributed by atoms with Crippen LogP contribution in [0.5, 0.6) is 0 Å². The van der Waals surface area contributed by atoms with Gasteiger partial charge >= 0.3 is 12.1 Å². The maximum absolute atomic E-state index is 14.3. The maximum Gasteiger partial charge on any atom is 0.407 e. The highest BCUT2D eigenvalue weighted by Crippen LogP contribution is 2.31. The molecule has 30 nitrogen and oxygen atoms in total. The molecule has 12 amide bonds. The molecule has 2 heterocycles. The van der Waals surface area contributed by atoms with Crippen LogP contribution in [0.3, 0.4) is 0 Å². The topological polar surface area (TPSA) is 424 Å². The van der Waals surface area contributed by atoms with Crippen molar-refractivity contribution in [3.8, 4) is 0 Å². The number of rotatable bonds is 44. The van der Waals surface area contributed by atoms with Gasteiger partial charge in [0.1, 0.15) is 34.7 Å². The summed E-state index contributed by atoms with van der Waals surface area (Å²) >= 11 is 1.49. The lowest BCUT2D eigenvalue weighted by Gasteiger charge is -2.41. The molecule has 2 aromatic carbocycles. The van der Waals surface area contributed by atoms with E-state index in [0.29, 0.717) is 63.7 Å². The number of likely N-dealkylation sites (tertiary alicyclic amines) is 1. The summed E-state index contributed by atoms with van der Waals surface area (Å²) < 4.78 is 17.0. The lowest BCUT2D eigenvalue weighted by molar-refractivity contribution is -0.148. The van der Waals surface area contributed by atoms with Crippen LogP contribution in [0.1, 0.15) is 204 Å². The van der Waals surface area contributed by atoms with Crippen molar-refractivity contribution >= 4 is 88.1 Å². The van der Waals surface area contributed by atoms with Crippen molar-refractivity contribution < 1.29 is 71.7 Å². The number of nitrogens with two attached hydrogens (primary N) is 2. The van der Waals surface area contributed by atoms with Gasteiger partial charge in [0.05, 0.1) is 61.9 Å². The number of amides is 12. The van der Waals surface area contributed by atoms with Crippen LogP contribution in [-0.2, 0) is 68.6 Å². The average Bonchev–Trinajstić information content (AvgIpc) is 1.16. The van der Waals surface area contributed by atoms with Crippen molar-refractivity contribution in [2.24, 2.45) is 40.6 Å². The number of primary amides is 1. The number of hydrogen-bond acceptors (Lipinski definition) is 19. The predicted molar refractivity (Wildman–Crippen MR) is 434 cm³/mol. The SMILES string of the molecule is CCOC(=O)NC(C)(C)C(=O)N[C@H](C(=O)N(C)[C@@H]([C@@H](C)CC)[C@@H](CC(=O)N1CCC[C@H]1[C@H](OC)[C@@H](C)C(=O)N[C@@H](Cc1ccccc1)c1nccs1)OC)C(C)C.Cc1ccc(NC(=O)[C@H](CCCNC(N)=O)NC(=O)[C@@H](NC(=O)[C@H](CCCCNC(=O)CC[C@@H](NC(C)(C)C)C(=O)C(C)(C)C)NC(=O)CN)C(C)C)cc1. The molecule has 12 atom stereocenters. The fourth-order valence-electron chi connectivity index (χ4n) is 13.2. The highest BCUT2D eigenvalue weighted by Gasteiger charge is 2.45. The molecule has 112 heavy (non-hydrogen) atoms. The van der Waals surface area contributed by atoms with Crippen LogP contribution < -0.4 is 64.6 Å². The Morgan fingerprint density at radius 1 is 0.696 bits per heavy atom. The maximum atomic E-state index is 14.3. The van der Waals surface area contributed by atoms with Gasteiger partial charge in [0.15, 0.2) is 5.78 Å². The number of ketones is 1. The summed E-state index contributed by atoms with van der Waals surface area (Å²) in [6.45, 7) is 31.9. The van der Waals surface area contributed by atoms with Gasteiger partial charge in [-0.3, -0.25) is 47.9 Å². The van der Waals surface area contributed by atoms with Gasteiger partial charge in [-0.25, -0.2) is 14.6 Å². The number of anilines is 1. The van der Waals surface area contributed by atoms with Crippen molar-refractivity contribution in [2.45, 2.75) is 266 Å². The second-order valence-electron chi connectivity index (χ2n) is 32.2. The number of carbonyl (C=O) groups is 12. The first-order valence-corrected chi connectivity index (χ1v) is 40.1. The fourth-order valence-corrected chi connectivity index (χ4v) is 13.9. The number of Topliss-reactive ketones (excluding diaryl/α,β-unsaturated/α-hetero) is 1. The Morgan fingerprint density at radius 2 is 1.32 bits per heavy atom. The third-order valence-corrected chi connectivity index (χ3v) is 20.5. The number of alkyl carbamates (subject to hydrolysis) is 1. The lowest BCUT2D eigenvalue weighted by Crippen LogP contribution is -2.62. The molecule has 0 spiro atoms. The van der Waals surface area contributed by atoms with Gasteiger partial charge in [0.2, 0.25) is 53.2 Å². The molecule has 628 valence electrons. The van der Waals surface area contributed by atoms with Crippen molar-refractivity contribution in [2.75, 3.05) is 59.4 Å². The number of nitrogens with zero attached hydrogens (tertiary/aromatic N) is 3. The summed E-state index contributed by atoms with van der Waals surface area (Å²) in [4.78, 5) is 165. The minimum absolute atomic E-state index is 0.00493. The van der Waals surface area contributed by atoms with Crippen molar-refractivity contribution in [1.29, 1.82) is 0 Å². The number of carbonyl (C=O) groups excluding carboxylic acids is 12. The van der Waals surface area contributed by atoms with Crippen molar-refractivity contribution in [1.82, 2.24) is 62.6 Å². The average molecular weight is 1590 g/mol. The van der Waals surface area contributed by atoms with Crippen LogP contribution >= 0.6 is 11.3 Å². The number of urea groups is 1. The summed E-state index contributed by atoms with van der Waals surface area (Å²) in [5.41, 5.74) is 11.1. The highest BCUT2D eigenvalue weighted by atomic mass is 32.1. The Hall–Kier alpha value is -8.65. The third-order valence-electron chi connectivity index (χ3n) is 19.7. The molecule has 0 aliphatic carbocycles. The van der Waals surface area contributed by atoms with Crippen LogP contribution in [0.2, 0.25) is 0 Å². The summed E-state index contributed by atoms with van der Waals surface area (Å²) in [5.74, 6) is -4.99. The van der Waals surface area contributed by atoms with E-state index in [2.05, 4.69) is 58.2 Å². The van der Waals surface area contributed by atoms with Gasteiger partial charge < -0.3 is 88.6 Å². The number of benzene rings is 2. The summed E-state index contributed by atoms with van der Waals surface area (Å²) in [5, 5.41) is 30.9. The van der Waals surface area contributed by atoms with Gasteiger partial charge in [-0.1, -0.05) is 124 Å². The standard InChI is InChI=1S/C42H66N6O8S.C39H67N9O7/c1-12-27(5)35(47(9)39(51)34(26(3)4)45-40(52)42(7,8)46-41(53)56-13-2)32(54-10)25-33(49)48-22-17-20-31(48)36(55-11)28(6)37(50)44-30(38-43-21-23-57-38)24-29-18-15-14-16-19-29;1-24(2)32(36(54)46-29(14-12-22-43-37(41)55)34(52)44-26-17-15-25(3)16-18-26)47-35(53)28(45-31(50)23-40)13-10-11-21-42-30(49)20-19-27(48-39(7,8)9)33(51)38(4,5)6/h14-16,18-19,21,23,26-28,30-32,34-36H,12-13,17,20,22,24-25H2,1-11H3,(H,44,50)(H,45,52)(H,46,53);15-18,24,27-29,32,48H,10-14,19-23,40H2,1-9H3,(H,42,49)(H,44,52)(H,45,50)(H,46,54)(H,47,53)(H3,41,43,55)/t27-,28+,30-,31-,32+,34-,35-,36+;27-,28+,29+,32+/m01/s1. The van der Waals surface area contributed by atoms with Crippen LogP contribution in [0.15, 0.2) is 66.2 Å². The number of aryl methyl sites for hydroxylation is 1. The first-order chi connectivity index (χ1) is 52.5. The molecular weight excluding hydrogens is 1460 g/mol. The fraction of sp³-hybridized carbons (Fsp3) is 0.667. The third kappa shape index (κ3) is 33.2. The molecule has 1 saturated heterocycles. The van der Waals surface area contributed by atoms with E-state index in [4.69, 9.17) is 25.7 Å². The van der Waals surface area contributed by atoms with Gasteiger partial charge in [0.25, 0.3) is 0 Å². The van der Waals surface area contributed by atoms with Crippen LogP contribution in [-0.4, -0.2) is 205 Å². The zero-order valence-electron chi connectivity index (χ0n) is 70.0. The van der Waals surface area contributed by atoms with E-state index in [1.165, 1.54) is 32.3 Å². The number of aromatic nitrogens is 1. The molecule has 1 fully saturated rings. The molecule has 0 unspecified atom stereocenters. The molecule has 4 rings (SSSR count). The van der Waals surface area contributed by atoms with Gasteiger partial charge in [-0.15, -0.1) is 11.3 Å². The zero-order valence-corrected chi connectivity index (χ0v) is 70.8. The number of thiazole rings is 1. The number of methoxy groups -OCH3 is 2. The monoisotopic (exact) mass is 1590 g/mol. The first-order valence-electron chi connectivity index (χ1n) is 39.3. The lowest BCUT2D eigenvalue weighted by atomic mass is 9.84. The number of likely N-dealkylation sites (N-methyl/N-ethyl adjacent to an activating group) is 1. The Morgan fingerprint density at radius 3 is 1.88 bits per heavy atom. The van der Waals surface area contributed by atoms with Gasteiger partial charge in [-0.2, -0.15) is 0 Å². The smallest absolute Gasteiger partial charge is 0.407 e. The number of unbranched alkanes of at least 4 members (excludes halogenated alkanes) is 1. The number of nitrogens with one attached hydrogen (secondary N) is 10. The second-order valence-corrected chi connectivity index (χ2v) is 33.2. The Labute approximate surface area is 667 Å². The van der Waals surface area contributed by atoms with E-state index in [9.17, 15) is 57.5 Å². The van der Waals surface area contributed by atoms with E-state index in [1.807, 2.05) is 131 Å². The largest absolute Gasteiger partial charge is 0.450 e. The predicted octanol–water partition coefficient (Wildman–Crippen LogP) is 7.02. The molecular formula is C81H133N15O15S. The van der Waals surface area contributed by atoms with E-state index in [-0.39, 0.29) is 104 Å². The van der Waals surface area contributed by atoms with E-state index < -0.39 is 113 Å². The number of hydrogen-bond donors (Lipinski definition) is 12. The van der Waals surface area contributed by atoms with Crippen LogP contribution in [0, 0.1) is 36.0 Å². The Bertz CT molecular complexity index is 3480. The molecule has 1 aliphatic heterocycles. The zero-order chi connectivity index (χ0) is 84.4. The molecule has 1 aromatic heterocycles. The quantitative estimate of drug-likeness (QED) is 0.0253. The minimum Gasteiger partial charge on any atom is -0.450 e. The van der Waals surface area contributed by atoms with Gasteiger partial charge in [0, 0.05) is 75.5 Å². The summed E-state index contributed by atoms with van der Waals surface area (Å²) in [6, 6.07) is 10.7. The summed E-state index contributed by atoms with van der Waals surface area (Å²) in [6.07, 6.45) is 4.59. The summed E-state index contributed by atoms with van der Waals surface area (Å²) in [7, 11) is 4.79. The molecule has 14 N–H and O–H groups in total. The molecule has 3 aromatic rings. The minimum atomic E-state index is -1.36. The van der Waals surface area contributed by atoms with Crippen LogP contribution in [0.4, 0.5) is 15.3 Å². The molecule has 1 aliphatic rings. The van der Waals surface area contributed by atoms with Gasteiger partial charge in [-0.05, 0) is 142 Å². The number of ether oxygens (including phenoxy) is 3. The molecule has 0 bridgehead atoms. The highest BCUT2D eigenvalue weighted by molar-refractivity contribution is 7.09. The normalized spacial score (nSPS) is 16.0. The molecule has 0 radical (unpaired) electrons. The van der Waals surface area contributed by atoms with Crippen LogP contribution in [0.25, 0.3) is 0 Å². The van der Waals surface area contributed by atoms with Crippen molar-refractivity contribution in [3.05, 3.63) is 82.3 Å². The second kappa shape index (κ2) is 47.8. The van der Waals surface area contributed by atoms with Crippen molar-refractivity contribution in [3.63, 3.8) is 0 Å². The first kappa shape index (κ1) is 97.5. The van der Waals surface area contributed by atoms with E-state index in [0.717, 1.165) is 22.6 Å².